The Morgan fingerprint density at radius 2 is 2.20 bits per heavy atom. The smallest absolute Gasteiger partial charge is 0.0958 e. The minimum absolute atomic E-state index is 0.0861. The summed E-state index contributed by atoms with van der Waals surface area (Å²) in [6.45, 7) is 0.504. The van der Waals surface area contributed by atoms with Crippen LogP contribution in [0.2, 0.25) is 0 Å². The average Bonchev–Trinajstić information content (AvgIpc) is 2.27. The molecule has 0 unspecified atom stereocenters. The summed E-state index contributed by atoms with van der Waals surface area (Å²) in [5, 5.41) is 0. The summed E-state index contributed by atoms with van der Waals surface area (Å²) < 4.78 is 10.3. The number of nitrogens with zero attached hydrogens (tertiary/aromatic N) is 1. The Labute approximate surface area is 90.4 Å². The summed E-state index contributed by atoms with van der Waals surface area (Å²) in [5.41, 5.74) is 6.98. The van der Waals surface area contributed by atoms with Gasteiger partial charge in [-0.15, -0.1) is 0 Å². The van der Waals surface area contributed by atoms with Crippen molar-refractivity contribution < 1.29 is 9.47 Å². The Balaban J connectivity index is 2.50. The molecule has 4 nitrogen and oxygen atoms in total. The van der Waals surface area contributed by atoms with E-state index in [4.69, 9.17) is 15.2 Å². The first kappa shape index (κ1) is 12.1. The second-order valence-electron chi connectivity index (χ2n) is 3.42. The van der Waals surface area contributed by atoms with Crippen molar-refractivity contribution in [1.29, 1.82) is 0 Å². The van der Waals surface area contributed by atoms with E-state index in [9.17, 15) is 0 Å². The summed E-state index contributed by atoms with van der Waals surface area (Å²) in [6, 6.07) is 5.70. The minimum atomic E-state index is -0.0927. The summed E-state index contributed by atoms with van der Waals surface area (Å²) in [6.07, 6.45) is 2.38. The van der Waals surface area contributed by atoms with E-state index in [0.29, 0.717) is 13.0 Å². The van der Waals surface area contributed by atoms with E-state index in [-0.39, 0.29) is 12.1 Å². The van der Waals surface area contributed by atoms with E-state index in [1.807, 2.05) is 18.2 Å². The van der Waals surface area contributed by atoms with Gasteiger partial charge in [-0.25, -0.2) is 0 Å². The van der Waals surface area contributed by atoms with Gasteiger partial charge in [-0.1, -0.05) is 6.07 Å². The predicted molar refractivity (Wildman–Crippen MR) is 58.6 cm³/mol. The largest absolute Gasteiger partial charge is 0.382 e. The Bertz CT molecular complexity index is 267. The zero-order valence-corrected chi connectivity index (χ0v) is 9.22. The van der Waals surface area contributed by atoms with Crippen molar-refractivity contribution in [2.75, 3.05) is 20.8 Å². The molecule has 0 fully saturated rings. The van der Waals surface area contributed by atoms with Crippen LogP contribution in [0.15, 0.2) is 24.4 Å². The fraction of sp³-hybridized carbons (Fsp3) is 0.545. The number of ether oxygens (including phenoxy) is 2. The minimum Gasteiger partial charge on any atom is -0.382 e. The fourth-order valence-corrected chi connectivity index (χ4v) is 1.42. The molecule has 0 aliphatic rings. The fourth-order valence-electron chi connectivity index (χ4n) is 1.42. The molecule has 0 amide bonds. The van der Waals surface area contributed by atoms with Crippen molar-refractivity contribution in [3.63, 3.8) is 0 Å². The van der Waals surface area contributed by atoms with Crippen LogP contribution in [0.25, 0.3) is 0 Å². The number of hydrogen-bond donors (Lipinski definition) is 1. The van der Waals surface area contributed by atoms with Crippen LogP contribution < -0.4 is 5.73 Å². The third kappa shape index (κ3) is 3.95. The molecule has 0 saturated heterocycles. The van der Waals surface area contributed by atoms with Crippen LogP contribution in [0, 0.1) is 0 Å². The molecule has 0 spiro atoms. The third-order valence-corrected chi connectivity index (χ3v) is 2.28. The number of rotatable bonds is 6. The Hall–Kier alpha value is -0.970. The lowest BCUT2D eigenvalue weighted by atomic mass is 10.1. The molecule has 0 aromatic carbocycles. The standard InChI is InChI=1S/C11H18N2O2/c1-14-8-11(15-2)10(12)7-9-5-3-4-6-13-9/h3-6,10-11H,7-8,12H2,1-2H3/t10-,11-/m1/s1. The van der Waals surface area contributed by atoms with E-state index in [2.05, 4.69) is 4.98 Å². The molecular formula is C11H18N2O2. The van der Waals surface area contributed by atoms with Crippen molar-refractivity contribution in [3.8, 4) is 0 Å². The highest BCUT2D eigenvalue weighted by molar-refractivity contribution is 5.05. The van der Waals surface area contributed by atoms with Crippen LogP contribution in [-0.4, -0.2) is 38.0 Å². The summed E-state index contributed by atoms with van der Waals surface area (Å²) in [5.74, 6) is 0. The third-order valence-electron chi connectivity index (χ3n) is 2.28. The summed E-state index contributed by atoms with van der Waals surface area (Å²) >= 11 is 0. The lowest BCUT2D eigenvalue weighted by Crippen LogP contribution is -2.41. The van der Waals surface area contributed by atoms with E-state index < -0.39 is 0 Å². The van der Waals surface area contributed by atoms with Gasteiger partial charge in [0, 0.05) is 38.6 Å². The van der Waals surface area contributed by atoms with Crippen LogP contribution in [0.1, 0.15) is 5.69 Å². The van der Waals surface area contributed by atoms with Crippen molar-refractivity contribution in [3.05, 3.63) is 30.1 Å². The zero-order valence-electron chi connectivity index (χ0n) is 9.22. The first-order chi connectivity index (χ1) is 7.27. The quantitative estimate of drug-likeness (QED) is 0.747. The summed E-state index contributed by atoms with van der Waals surface area (Å²) in [7, 11) is 3.28. The highest BCUT2D eigenvalue weighted by Crippen LogP contribution is 2.04. The average molecular weight is 210 g/mol. The number of pyridine rings is 1. The number of methoxy groups -OCH3 is 2. The molecule has 1 rings (SSSR count). The van der Waals surface area contributed by atoms with Gasteiger partial charge in [-0.3, -0.25) is 4.98 Å². The molecule has 1 aromatic rings. The van der Waals surface area contributed by atoms with Crippen molar-refractivity contribution in [2.24, 2.45) is 5.73 Å². The van der Waals surface area contributed by atoms with Gasteiger partial charge in [0.15, 0.2) is 0 Å². The zero-order chi connectivity index (χ0) is 11.1. The van der Waals surface area contributed by atoms with E-state index >= 15 is 0 Å². The second-order valence-corrected chi connectivity index (χ2v) is 3.42. The SMILES string of the molecule is COC[C@@H](OC)[C@H](N)Cc1ccccn1. The van der Waals surface area contributed by atoms with Gasteiger partial charge in [0.05, 0.1) is 12.7 Å². The molecule has 4 heteroatoms. The van der Waals surface area contributed by atoms with E-state index in [1.165, 1.54) is 0 Å². The molecule has 1 aromatic heterocycles. The van der Waals surface area contributed by atoms with Gasteiger partial charge in [0.1, 0.15) is 0 Å². The van der Waals surface area contributed by atoms with Crippen molar-refractivity contribution >= 4 is 0 Å². The lowest BCUT2D eigenvalue weighted by molar-refractivity contribution is 0.0129. The number of aromatic nitrogens is 1. The van der Waals surface area contributed by atoms with Gasteiger partial charge in [-0.05, 0) is 12.1 Å². The van der Waals surface area contributed by atoms with Crippen LogP contribution in [-0.2, 0) is 15.9 Å². The maximum atomic E-state index is 6.00. The van der Waals surface area contributed by atoms with Gasteiger partial charge >= 0.3 is 0 Å². The molecule has 15 heavy (non-hydrogen) atoms. The molecule has 0 saturated carbocycles. The van der Waals surface area contributed by atoms with E-state index in [0.717, 1.165) is 5.69 Å². The van der Waals surface area contributed by atoms with Crippen molar-refractivity contribution in [1.82, 2.24) is 4.98 Å². The van der Waals surface area contributed by atoms with Crippen LogP contribution in [0.3, 0.4) is 0 Å². The lowest BCUT2D eigenvalue weighted by Gasteiger charge is -2.21. The van der Waals surface area contributed by atoms with Gasteiger partial charge in [-0.2, -0.15) is 0 Å². The molecular weight excluding hydrogens is 192 g/mol. The highest BCUT2D eigenvalue weighted by atomic mass is 16.5. The maximum Gasteiger partial charge on any atom is 0.0958 e. The first-order valence-corrected chi connectivity index (χ1v) is 4.95. The Morgan fingerprint density at radius 3 is 2.73 bits per heavy atom. The van der Waals surface area contributed by atoms with Gasteiger partial charge < -0.3 is 15.2 Å². The van der Waals surface area contributed by atoms with Crippen LogP contribution >= 0.6 is 0 Å². The number of hydrogen-bond acceptors (Lipinski definition) is 4. The van der Waals surface area contributed by atoms with Gasteiger partial charge in [0.2, 0.25) is 0 Å². The van der Waals surface area contributed by atoms with Crippen LogP contribution in [0.4, 0.5) is 0 Å². The molecule has 1 heterocycles. The first-order valence-electron chi connectivity index (χ1n) is 4.95. The molecule has 2 N–H and O–H groups in total. The Kier molecular flexibility index (Phi) is 5.25. The molecule has 0 radical (unpaired) electrons. The molecule has 2 atom stereocenters. The van der Waals surface area contributed by atoms with E-state index in [1.54, 1.807) is 20.4 Å². The Morgan fingerprint density at radius 1 is 1.40 bits per heavy atom. The number of nitrogens with two attached hydrogens (primary N) is 1. The topological polar surface area (TPSA) is 57.4 Å². The monoisotopic (exact) mass is 210 g/mol. The van der Waals surface area contributed by atoms with Crippen molar-refractivity contribution in [2.45, 2.75) is 18.6 Å². The second kappa shape index (κ2) is 6.50. The molecule has 0 aliphatic carbocycles. The molecule has 84 valence electrons. The molecule has 0 bridgehead atoms. The molecule has 0 aliphatic heterocycles. The predicted octanol–water partition coefficient (Wildman–Crippen LogP) is 0.613. The maximum absolute atomic E-state index is 6.00. The van der Waals surface area contributed by atoms with Gasteiger partial charge in [0.25, 0.3) is 0 Å². The normalized spacial score (nSPS) is 14.9. The highest BCUT2D eigenvalue weighted by Gasteiger charge is 2.17. The summed E-state index contributed by atoms with van der Waals surface area (Å²) in [4.78, 5) is 4.22. The van der Waals surface area contributed by atoms with Crippen LogP contribution in [0.5, 0.6) is 0 Å².